The van der Waals surface area contributed by atoms with E-state index in [-0.39, 0.29) is 30.3 Å². The molecule has 0 aromatic heterocycles. The Balaban J connectivity index is 1.42. The lowest BCUT2D eigenvalue weighted by molar-refractivity contribution is -0.124. The highest BCUT2D eigenvalue weighted by molar-refractivity contribution is 6.01. The van der Waals surface area contributed by atoms with Gasteiger partial charge >= 0.3 is 6.03 Å². The SMILES string of the molecule is CN=C(NCCN1C(=O)CNC1=O)NC1CCN(c2cccc(F)c2)CC1. The van der Waals surface area contributed by atoms with Crippen molar-refractivity contribution in [3.63, 3.8) is 0 Å². The number of nitrogens with one attached hydrogen (secondary N) is 3. The average Bonchev–Trinajstić information content (AvgIpc) is 2.99. The molecule has 2 aliphatic heterocycles. The number of anilines is 1. The van der Waals surface area contributed by atoms with Gasteiger partial charge in [-0.15, -0.1) is 0 Å². The first-order valence-corrected chi connectivity index (χ1v) is 9.12. The van der Waals surface area contributed by atoms with Crippen molar-refractivity contribution in [3.05, 3.63) is 30.1 Å². The van der Waals surface area contributed by atoms with Crippen molar-refractivity contribution in [2.75, 3.05) is 44.7 Å². The van der Waals surface area contributed by atoms with Crippen LogP contribution in [0.15, 0.2) is 29.3 Å². The predicted molar refractivity (Wildman–Crippen MR) is 101 cm³/mol. The number of carbonyl (C=O) groups excluding carboxylic acids is 2. The topological polar surface area (TPSA) is 89.1 Å². The second-order valence-corrected chi connectivity index (χ2v) is 6.59. The molecule has 3 N–H and O–H groups in total. The lowest BCUT2D eigenvalue weighted by atomic mass is 10.0. The molecule has 2 heterocycles. The molecule has 8 nitrogen and oxygen atoms in total. The summed E-state index contributed by atoms with van der Waals surface area (Å²) in [5.74, 6) is 0.211. The summed E-state index contributed by atoms with van der Waals surface area (Å²) in [4.78, 5) is 30.6. The molecule has 0 unspecified atom stereocenters. The number of hydrogen-bond acceptors (Lipinski definition) is 4. The van der Waals surface area contributed by atoms with Gasteiger partial charge in [-0.2, -0.15) is 0 Å². The predicted octanol–water partition coefficient (Wildman–Crippen LogP) is 0.511. The number of carbonyl (C=O) groups is 2. The molecule has 0 aliphatic carbocycles. The second kappa shape index (κ2) is 8.70. The normalized spacial score (nSPS) is 18.7. The van der Waals surface area contributed by atoms with E-state index in [4.69, 9.17) is 0 Å². The van der Waals surface area contributed by atoms with Gasteiger partial charge in [-0.25, -0.2) is 9.18 Å². The summed E-state index contributed by atoms with van der Waals surface area (Å²) in [6.45, 7) is 2.46. The molecule has 27 heavy (non-hydrogen) atoms. The summed E-state index contributed by atoms with van der Waals surface area (Å²) < 4.78 is 13.4. The lowest BCUT2D eigenvalue weighted by Crippen LogP contribution is -2.50. The van der Waals surface area contributed by atoms with Crippen LogP contribution in [0.3, 0.4) is 0 Å². The number of amides is 3. The van der Waals surface area contributed by atoms with E-state index in [9.17, 15) is 14.0 Å². The van der Waals surface area contributed by atoms with Crippen molar-refractivity contribution in [2.24, 2.45) is 4.99 Å². The maximum Gasteiger partial charge on any atom is 0.324 e. The molecule has 1 aromatic carbocycles. The molecule has 0 saturated carbocycles. The molecular weight excluding hydrogens is 351 g/mol. The molecule has 3 rings (SSSR count). The Hall–Kier alpha value is -2.84. The number of benzene rings is 1. The molecule has 0 atom stereocenters. The fourth-order valence-electron chi connectivity index (χ4n) is 3.31. The molecule has 0 spiro atoms. The third kappa shape index (κ3) is 4.87. The van der Waals surface area contributed by atoms with E-state index in [0.29, 0.717) is 19.0 Å². The van der Waals surface area contributed by atoms with Gasteiger partial charge in [0.15, 0.2) is 5.96 Å². The lowest BCUT2D eigenvalue weighted by Gasteiger charge is -2.34. The van der Waals surface area contributed by atoms with Crippen molar-refractivity contribution >= 4 is 23.6 Å². The maximum absolute atomic E-state index is 13.4. The van der Waals surface area contributed by atoms with Gasteiger partial charge in [0.1, 0.15) is 5.82 Å². The Morgan fingerprint density at radius 1 is 1.33 bits per heavy atom. The molecule has 3 amide bonds. The van der Waals surface area contributed by atoms with Crippen molar-refractivity contribution < 1.29 is 14.0 Å². The number of piperidine rings is 1. The van der Waals surface area contributed by atoms with Crippen molar-refractivity contribution in [1.82, 2.24) is 20.9 Å². The molecule has 1 aromatic rings. The third-order valence-electron chi connectivity index (χ3n) is 4.80. The van der Waals surface area contributed by atoms with Crippen molar-refractivity contribution in [2.45, 2.75) is 18.9 Å². The third-order valence-corrected chi connectivity index (χ3v) is 4.80. The first kappa shape index (κ1) is 18.9. The summed E-state index contributed by atoms with van der Waals surface area (Å²) in [5, 5.41) is 9.00. The summed E-state index contributed by atoms with van der Waals surface area (Å²) >= 11 is 0. The zero-order chi connectivity index (χ0) is 19.2. The Morgan fingerprint density at radius 3 is 2.74 bits per heavy atom. The fourth-order valence-corrected chi connectivity index (χ4v) is 3.31. The van der Waals surface area contributed by atoms with E-state index in [1.54, 1.807) is 19.2 Å². The van der Waals surface area contributed by atoms with E-state index in [2.05, 4.69) is 25.8 Å². The highest BCUT2D eigenvalue weighted by Gasteiger charge is 2.27. The van der Waals surface area contributed by atoms with E-state index >= 15 is 0 Å². The van der Waals surface area contributed by atoms with Crippen LogP contribution in [-0.2, 0) is 4.79 Å². The molecule has 146 valence electrons. The highest BCUT2D eigenvalue weighted by atomic mass is 19.1. The first-order chi connectivity index (χ1) is 13.1. The van der Waals surface area contributed by atoms with E-state index in [1.165, 1.54) is 11.0 Å². The molecule has 0 bridgehead atoms. The Bertz CT molecular complexity index is 702. The van der Waals surface area contributed by atoms with Crippen molar-refractivity contribution in [1.29, 1.82) is 0 Å². The van der Waals surface area contributed by atoms with Crippen molar-refractivity contribution in [3.8, 4) is 0 Å². The summed E-state index contributed by atoms with van der Waals surface area (Å²) in [7, 11) is 1.69. The van der Waals surface area contributed by atoms with Gasteiger partial charge in [0.25, 0.3) is 0 Å². The first-order valence-electron chi connectivity index (χ1n) is 9.12. The number of rotatable bonds is 5. The van der Waals surface area contributed by atoms with Gasteiger partial charge in [-0.05, 0) is 31.0 Å². The zero-order valence-electron chi connectivity index (χ0n) is 15.4. The fraction of sp³-hybridized carbons (Fsp3) is 0.500. The number of urea groups is 1. The number of guanidine groups is 1. The van der Waals surface area contributed by atoms with E-state index in [1.807, 2.05) is 6.07 Å². The molecule has 0 radical (unpaired) electrons. The van der Waals surface area contributed by atoms with Crippen LogP contribution in [0.5, 0.6) is 0 Å². The number of nitrogens with zero attached hydrogens (tertiary/aromatic N) is 3. The molecular formula is C18H25FN6O2. The smallest absolute Gasteiger partial charge is 0.324 e. The standard InChI is InChI=1S/C18H25FN6O2/c1-20-17(21-7-10-25-16(26)12-22-18(25)27)23-14-5-8-24(9-6-14)15-4-2-3-13(19)11-15/h2-4,11,14H,5-10,12H2,1H3,(H,22,27)(H2,20,21,23). The van der Waals surface area contributed by atoms with Crippen LogP contribution < -0.4 is 20.9 Å². The van der Waals surface area contributed by atoms with E-state index < -0.39 is 0 Å². The minimum Gasteiger partial charge on any atom is -0.371 e. The molecule has 2 saturated heterocycles. The minimum atomic E-state index is -0.352. The number of halogens is 1. The highest BCUT2D eigenvalue weighted by Crippen LogP contribution is 2.20. The second-order valence-electron chi connectivity index (χ2n) is 6.59. The van der Waals surface area contributed by atoms with Crippen LogP contribution in [0, 0.1) is 5.82 Å². The maximum atomic E-state index is 13.4. The number of aliphatic imine (C=N–C) groups is 1. The van der Waals surface area contributed by atoms with Gasteiger partial charge in [0.2, 0.25) is 5.91 Å². The van der Waals surface area contributed by atoms with Gasteiger partial charge in [0.05, 0.1) is 6.54 Å². The van der Waals surface area contributed by atoms with Gasteiger partial charge in [-0.3, -0.25) is 14.7 Å². The van der Waals surface area contributed by atoms with Gasteiger partial charge in [0, 0.05) is 45.0 Å². The van der Waals surface area contributed by atoms with Gasteiger partial charge < -0.3 is 20.9 Å². The number of imide groups is 1. The summed E-state index contributed by atoms with van der Waals surface area (Å²) in [6, 6.07) is 6.57. The van der Waals surface area contributed by atoms with E-state index in [0.717, 1.165) is 31.6 Å². The average molecular weight is 376 g/mol. The van der Waals surface area contributed by atoms with Crippen LogP contribution in [0.4, 0.5) is 14.9 Å². The Kier molecular flexibility index (Phi) is 6.10. The Labute approximate surface area is 157 Å². The summed E-state index contributed by atoms with van der Waals surface area (Å²) in [6.07, 6.45) is 1.81. The number of hydrogen-bond donors (Lipinski definition) is 3. The minimum absolute atomic E-state index is 0.0652. The quantitative estimate of drug-likeness (QED) is 0.396. The zero-order valence-corrected chi connectivity index (χ0v) is 15.4. The Morgan fingerprint density at radius 2 is 2.11 bits per heavy atom. The van der Waals surface area contributed by atoms with Crippen LogP contribution >= 0.6 is 0 Å². The van der Waals surface area contributed by atoms with Gasteiger partial charge in [-0.1, -0.05) is 6.07 Å². The molecule has 2 fully saturated rings. The monoisotopic (exact) mass is 376 g/mol. The van der Waals surface area contributed by atoms with Crippen LogP contribution in [-0.4, -0.2) is 68.6 Å². The molecule has 9 heteroatoms. The van der Waals surface area contributed by atoms with Crippen LogP contribution in [0.25, 0.3) is 0 Å². The molecule has 2 aliphatic rings. The van der Waals surface area contributed by atoms with Crippen LogP contribution in [0.1, 0.15) is 12.8 Å². The largest absolute Gasteiger partial charge is 0.371 e. The summed E-state index contributed by atoms with van der Waals surface area (Å²) in [5.41, 5.74) is 0.907. The van der Waals surface area contributed by atoms with Crippen LogP contribution in [0.2, 0.25) is 0 Å².